The highest BCUT2D eigenvalue weighted by atomic mass is 32.2. The molecule has 0 radical (unpaired) electrons. The monoisotopic (exact) mass is 456 g/mol. The molecule has 0 bridgehead atoms. The average Bonchev–Trinajstić information content (AvgIpc) is 2.73. The van der Waals surface area contributed by atoms with Gasteiger partial charge < -0.3 is 10.0 Å². The van der Waals surface area contributed by atoms with E-state index in [0.29, 0.717) is 6.42 Å². The van der Waals surface area contributed by atoms with Crippen molar-refractivity contribution in [1.82, 2.24) is 9.62 Å². The predicted molar refractivity (Wildman–Crippen MR) is 116 cm³/mol. The molecule has 8 nitrogen and oxygen atoms in total. The molecule has 10 heteroatoms. The van der Waals surface area contributed by atoms with Gasteiger partial charge in [-0.1, -0.05) is 42.5 Å². The van der Waals surface area contributed by atoms with Crippen molar-refractivity contribution in [2.45, 2.75) is 41.6 Å². The lowest BCUT2D eigenvalue weighted by molar-refractivity contribution is 0.136. The van der Waals surface area contributed by atoms with Gasteiger partial charge in [0, 0.05) is 13.1 Å². The van der Waals surface area contributed by atoms with Crippen molar-refractivity contribution >= 4 is 26.0 Å². The van der Waals surface area contributed by atoms with E-state index in [1.165, 1.54) is 6.08 Å². The molecule has 1 amide bonds. The first-order valence-electron chi connectivity index (χ1n) is 9.62. The number of rotatable bonds is 10. The zero-order chi connectivity index (χ0) is 22.4. The molecule has 2 rings (SSSR count). The first-order valence-corrected chi connectivity index (χ1v) is 12.8. The van der Waals surface area contributed by atoms with Crippen molar-refractivity contribution < 1.29 is 26.7 Å². The molecule has 0 aliphatic carbocycles. The van der Waals surface area contributed by atoms with Gasteiger partial charge in [-0.3, -0.25) is 0 Å². The van der Waals surface area contributed by atoms with Gasteiger partial charge in [0.1, 0.15) is 5.37 Å². The second kappa shape index (κ2) is 10.2. The van der Waals surface area contributed by atoms with Crippen molar-refractivity contribution in [2.24, 2.45) is 0 Å². The van der Waals surface area contributed by atoms with E-state index in [9.17, 15) is 21.6 Å². The fourth-order valence-electron chi connectivity index (χ4n) is 3.43. The summed E-state index contributed by atoms with van der Waals surface area (Å²) in [6.45, 7) is 7.26. The number of piperidine rings is 1. The molecule has 1 heterocycles. The Hall–Kier alpha value is -2.17. The molecule has 0 aromatic heterocycles. The Balaban J connectivity index is 2.08. The summed E-state index contributed by atoms with van der Waals surface area (Å²) in [5.41, 5.74) is 0.970. The minimum atomic E-state index is -4.02. The Morgan fingerprint density at radius 1 is 1.13 bits per heavy atom. The third-order valence-corrected chi connectivity index (χ3v) is 9.62. The van der Waals surface area contributed by atoms with Crippen LogP contribution in [0.1, 0.15) is 24.8 Å². The molecule has 1 fully saturated rings. The second-order valence-electron chi connectivity index (χ2n) is 7.18. The number of nitrogens with zero attached hydrogens (tertiary/aromatic N) is 1. The zero-order valence-electron chi connectivity index (χ0n) is 16.7. The largest absolute Gasteiger partial charge is 0.465 e. The van der Waals surface area contributed by atoms with Crippen LogP contribution >= 0.6 is 0 Å². The summed E-state index contributed by atoms with van der Waals surface area (Å²) in [6, 6.07) is 9.37. The van der Waals surface area contributed by atoms with Gasteiger partial charge in [-0.15, -0.1) is 13.2 Å². The number of hydrogen-bond donors (Lipinski definition) is 2. The lowest BCUT2D eigenvalue weighted by Crippen LogP contribution is -2.49. The number of amides is 1. The molecule has 166 valence electrons. The number of sulfone groups is 1. The molecule has 2 N–H and O–H groups in total. The number of carbonyl (C=O) groups is 1. The summed E-state index contributed by atoms with van der Waals surface area (Å²) < 4.78 is 53.9. The van der Waals surface area contributed by atoms with Gasteiger partial charge in [0.2, 0.25) is 10.0 Å². The van der Waals surface area contributed by atoms with Gasteiger partial charge >= 0.3 is 6.09 Å². The van der Waals surface area contributed by atoms with Crippen LogP contribution in [0.5, 0.6) is 0 Å². The van der Waals surface area contributed by atoms with E-state index in [-0.39, 0.29) is 32.4 Å². The molecule has 2 unspecified atom stereocenters. The van der Waals surface area contributed by atoms with Gasteiger partial charge in [-0.25, -0.2) is 21.6 Å². The van der Waals surface area contributed by atoms with Crippen molar-refractivity contribution in [3.63, 3.8) is 0 Å². The number of benzene rings is 1. The third-order valence-electron chi connectivity index (χ3n) is 5.25. The number of likely N-dealkylation sites (tertiary alicyclic amines) is 1. The average molecular weight is 457 g/mol. The van der Waals surface area contributed by atoms with Gasteiger partial charge in [-0.05, 0) is 31.2 Å². The van der Waals surface area contributed by atoms with Crippen LogP contribution in [0.2, 0.25) is 0 Å². The maximum absolute atomic E-state index is 13.0. The van der Waals surface area contributed by atoms with Gasteiger partial charge in [-0.2, -0.15) is 4.72 Å². The molecule has 1 aromatic carbocycles. The summed E-state index contributed by atoms with van der Waals surface area (Å²) in [5.74, 6) is 0. The van der Waals surface area contributed by atoms with Crippen LogP contribution in [0.25, 0.3) is 0 Å². The van der Waals surface area contributed by atoms with E-state index >= 15 is 0 Å². The highest BCUT2D eigenvalue weighted by molar-refractivity contribution is 7.95. The molecule has 1 aliphatic rings. The smallest absolute Gasteiger partial charge is 0.407 e. The maximum atomic E-state index is 13.0. The van der Waals surface area contributed by atoms with Crippen molar-refractivity contribution in [3.8, 4) is 0 Å². The van der Waals surface area contributed by atoms with Crippen LogP contribution in [-0.4, -0.2) is 61.9 Å². The van der Waals surface area contributed by atoms with E-state index in [1.54, 1.807) is 0 Å². The molecular formula is C20H28N2O6S2. The molecular weight excluding hydrogens is 428 g/mol. The SMILES string of the molecule is C=CC(CCc1ccccc1)S(=O)(=O)NC(C=C)S(=O)(=O)C1CCN(C(=O)O)CC1. The minimum Gasteiger partial charge on any atom is -0.465 e. The van der Waals surface area contributed by atoms with E-state index < -0.39 is 41.8 Å². The highest BCUT2D eigenvalue weighted by Gasteiger charge is 2.38. The summed E-state index contributed by atoms with van der Waals surface area (Å²) in [4.78, 5) is 12.2. The summed E-state index contributed by atoms with van der Waals surface area (Å²) in [5, 5.41) is 5.72. The lowest BCUT2D eigenvalue weighted by atomic mass is 10.1. The van der Waals surface area contributed by atoms with Crippen LogP contribution in [0.4, 0.5) is 4.79 Å². The normalized spacial score (nSPS) is 17.8. The first kappa shape index (κ1) is 24.1. The van der Waals surface area contributed by atoms with E-state index in [2.05, 4.69) is 17.9 Å². The molecule has 0 spiro atoms. The molecule has 2 atom stereocenters. The Morgan fingerprint density at radius 2 is 1.73 bits per heavy atom. The second-order valence-corrected chi connectivity index (χ2v) is 11.5. The van der Waals surface area contributed by atoms with Crippen LogP contribution in [0, 0.1) is 0 Å². The van der Waals surface area contributed by atoms with Crippen LogP contribution in [0.3, 0.4) is 0 Å². The number of hydrogen-bond acceptors (Lipinski definition) is 5. The number of carboxylic acid groups (broad SMARTS) is 1. The Morgan fingerprint density at radius 3 is 2.23 bits per heavy atom. The highest BCUT2D eigenvalue weighted by Crippen LogP contribution is 2.23. The topological polar surface area (TPSA) is 121 Å². The van der Waals surface area contributed by atoms with Crippen molar-refractivity contribution in [3.05, 3.63) is 61.2 Å². The van der Waals surface area contributed by atoms with Gasteiger partial charge in [0.05, 0.1) is 10.5 Å². The predicted octanol–water partition coefficient (Wildman–Crippen LogP) is 2.16. The van der Waals surface area contributed by atoms with Gasteiger partial charge in [0.25, 0.3) is 0 Å². The molecule has 30 heavy (non-hydrogen) atoms. The van der Waals surface area contributed by atoms with Crippen LogP contribution < -0.4 is 4.72 Å². The van der Waals surface area contributed by atoms with E-state index in [0.717, 1.165) is 16.5 Å². The van der Waals surface area contributed by atoms with Crippen molar-refractivity contribution in [1.29, 1.82) is 0 Å². The minimum absolute atomic E-state index is 0.0855. The molecule has 1 aromatic rings. The number of aryl methyl sites for hydroxylation is 1. The maximum Gasteiger partial charge on any atom is 0.407 e. The fourth-order valence-corrected chi connectivity index (χ4v) is 7.20. The number of nitrogens with one attached hydrogen (secondary N) is 1. The zero-order valence-corrected chi connectivity index (χ0v) is 18.3. The summed E-state index contributed by atoms with van der Waals surface area (Å²) >= 11 is 0. The van der Waals surface area contributed by atoms with Crippen LogP contribution in [0.15, 0.2) is 55.6 Å². The fraction of sp³-hybridized carbons (Fsp3) is 0.450. The standard InChI is InChI=1S/C20H28N2O6S2/c1-3-17(11-10-16-8-6-5-7-9-16)30(27,28)21-19(4-2)29(25,26)18-12-14-22(15-13-18)20(23)24/h3-9,17-19,21H,1-2,10-15H2,(H,23,24). The Labute approximate surface area is 178 Å². The van der Waals surface area contributed by atoms with E-state index in [1.807, 2.05) is 30.3 Å². The quantitative estimate of drug-likeness (QED) is 0.521. The number of sulfonamides is 1. The van der Waals surface area contributed by atoms with Crippen molar-refractivity contribution in [2.75, 3.05) is 13.1 Å². The summed E-state index contributed by atoms with van der Waals surface area (Å²) in [7, 11) is -7.95. The Kier molecular flexibility index (Phi) is 8.22. The Bertz CT molecular complexity index is 952. The molecule has 0 saturated carbocycles. The third kappa shape index (κ3) is 5.93. The molecule has 1 saturated heterocycles. The lowest BCUT2D eigenvalue weighted by Gasteiger charge is -2.31. The molecule has 1 aliphatic heterocycles. The van der Waals surface area contributed by atoms with E-state index in [4.69, 9.17) is 5.11 Å². The van der Waals surface area contributed by atoms with Gasteiger partial charge in [0.15, 0.2) is 9.84 Å². The summed E-state index contributed by atoms with van der Waals surface area (Å²) in [6.07, 6.45) is 2.23. The van der Waals surface area contributed by atoms with Crippen LogP contribution in [-0.2, 0) is 26.3 Å². The first-order chi connectivity index (χ1) is 14.1.